The van der Waals surface area contributed by atoms with Crippen molar-refractivity contribution >= 4 is 96.4 Å². The molecular weight excluding hydrogens is 687 g/mol. The van der Waals surface area contributed by atoms with Gasteiger partial charge in [-0.05, 0) is 73.6 Å². The lowest BCUT2D eigenvalue weighted by Crippen LogP contribution is -2.06. The normalized spacial score (nSPS) is 12.7. The summed E-state index contributed by atoms with van der Waals surface area (Å²) in [6.07, 6.45) is 0.771. The standard InChI is InChI=1S/C51H29N3S/c1-2-13-30-28-43-40(26-29(30)12-1)48-42(25-24-37-35-18-6-5-16-33(35)34-17-7-8-19-36(34)47(37)48)54(43)51-50(52-41-27-31-14-3-4-15-32(31)49(41)53-51)39-21-11-23-45-46(39)38-20-9-10-22-44(38)55-45/h1-26,28H,27H2. The zero-order chi connectivity index (χ0) is 35.8. The van der Waals surface area contributed by atoms with Crippen molar-refractivity contribution in [3.05, 3.63) is 175 Å². The van der Waals surface area contributed by atoms with Gasteiger partial charge in [-0.2, -0.15) is 0 Å². The van der Waals surface area contributed by atoms with Crippen molar-refractivity contribution in [3.8, 4) is 28.3 Å². The highest BCUT2D eigenvalue weighted by Gasteiger charge is 2.28. The first-order valence-electron chi connectivity index (χ1n) is 18.9. The predicted molar refractivity (Wildman–Crippen MR) is 233 cm³/mol. The van der Waals surface area contributed by atoms with E-state index in [1.54, 1.807) is 0 Å². The molecule has 0 saturated carbocycles. The lowest BCUT2D eigenvalue weighted by atomic mass is 9.91. The van der Waals surface area contributed by atoms with Crippen LogP contribution in [0.2, 0.25) is 0 Å². The number of hydrogen-bond acceptors (Lipinski definition) is 3. The third-order valence-corrected chi connectivity index (χ3v) is 13.1. The molecule has 0 atom stereocenters. The van der Waals surface area contributed by atoms with Crippen molar-refractivity contribution in [1.82, 2.24) is 14.5 Å². The summed E-state index contributed by atoms with van der Waals surface area (Å²) >= 11 is 1.84. The summed E-state index contributed by atoms with van der Waals surface area (Å²) in [6, 6.07) is 60.1. The molecule has 3 nitrogen and oxygen atoms in total. The number of fused-ring (bicyclic) bond motifs is 17. The Morgan fingerprint density at radius 2 is 1.05 bits per heavy atom. The zero-order valence-electron chi connectivity index (χ0n) is 29.5. The Balaban J connectivity index is 1.26. The molecule has 9 aromatic carbocycles. The van der Waals surface area contributed by atoms with Crippen molar-refractivity contribution in [2.24, 2.45) is 0 Å². The molecule has 0 unspecified atom stereocenters. The van der Waals surface area contributed by atoms with Crippen LogP contribution in [0.25, 0.3) is 113 Å². The molecule has 0 aliphatic heterocycles. The second-order valence-electron chi connectivity index (χ2n) is 14.8. The molecule has 1 aliphatic rings. The van der Waals surface area contributed by atoms with Gasteiger partial charge in [0.15, 0.2) is 5.82 Å². The molecule has 254 valence electrons. The maximum Gasteiger partial charge on any atom is 0.165 e. The molecule has 0 spiro atoms. The van der Waals surface area contributed by atoms with E-state index in [0.29, 0.717) is 0 Å². The van der Waals surface area contributed by atoms with Crippen LogP contribution < -0.4 is 0 Å². The average molecular weight is 716 g/mol. The van der Waals surface area contributed by atoms with E-state index in [9.17, 15) is 0 Å². The van der Waals surface area contributed by atoms with E-state index in [0.717, 1.165) is 45.9 Å². The molecule has 55 heavy (non-hydrogen) atoms. The first-order valence-corrected chi connectivity index (χ1v) is 19.7. The highest BCUT2D eigenvalue weighted by Crippen LogP contribution is 2.47. The molecule has 3 aromatic heterocycles. The van der Waals surface area contributed by atoms with Crippen molar-refractivity contribution < 1.29 is 0 Å². The van der Waals surface area contributed by atoms with Gasteiger partial charge in [-0.3, -0.25) is 4.57 Å². The minimum absolute atomic E-state index is 0.771. The third kappa shape index (κ3) is 3.99. The largest absolute Gasteiger partial charge is 0.292 e. The average Bonchev–Trinajstić information content (AvgIpc) is 3.91. The SMILES string of the molecule is c1ccc2c(c1)Cc1nc(-c3cccc4sc5ccccc5c34)c(-n3c4cc5ccccc5cc4c4c5c6ccccc6c6ccccc6c5ccc43)nc1-2. The molecule has 0 saturated heterocycles. The predicted octanol–water partition coefficient (Wildman–Crippen LogP) is 13.8. The van der Waals surface area contributed by atoms with E-state index in [-0.39, 0.29) is 0 Å². The molecular formula is C51H29N3S. The Kier molecular flexibility index (Phi) is 5.83. The van der Waals surface area contributed by atoms with Gasteiger partial charge in [0, 0.05) is 53.9 Å². The third-order valence-electron chi connectivity index (χ3n) is 12.0. The van der Waals surface area contributed by atoms with Crippen LogP contribution in [-0.2, 0) is 6.42 Å². The zero-order valence-corrected chi connectivity index (χ0v) is 30.4. The molecule has 4 heteroatoms. The van der Waals surface area contributed by atoms with Gasteiger partial charge in [0.1, 0.15) is 5.69 Å². The fraction of sp³-hybridized carbons (Fsp3) is 0.0196. The van der Waals surface area contributed by atoms with Gasteiger partial charge >= 0.3 is 0 Å². The van der Waals surface area contributed by atoms with Crippen molar-refractivity contribution in [2.45, 2.75) is 6.42 Å². The van der Waals surface area contributed by atoms with Crippen molar-refractivity contribution in [1.29, 1.82) is 0 Å². The van der Waals surface area contributed by atoms with Crippen LogP contribution in [0.3, 0.4) is 0 Å². The van der Waals surface area contributed by atoms with Crippen LogP contribution in [0, 0.1) is 0 Å². The van der Waals surface area contributed by atoms with Crippen molar-refractivity contribution in [3.63, 3.8) is 0 Å². The monoisotopic (exact) mass is 715 g/mol. The maximum atomic E-state index is 5.76. The van der Waals surface area contributed by atoms with Gasteiger partial charge in [-0.25, -0.2) is 9.97 Å². The van der Waals surface area contributed by atoms with Crippen LogP contribution in [0.4, 0.5) is 0 Å². The molecule has 0 N–H and O–H groups in total. The fourth-order valence-corrected chi connectivity index (χ4v) is 10.7. The smallest absolute Gasteiger partial charge is 0.165 e. The first-order chi connectivity index (χ1) is 27.3. The molecule has 0 radical (unpaired) electrons. The Morgan fingerprint density at radius 3 is 1.89 bits per heavy atom. The molecule has 0 fully saturated rings. The lowest BCUT2D eigenvalue weighted by molar-refractivity contribution is 1.02. The quantitative estimate of drug-likeness (QED) is 0.167. The van der Waals surface area contributed by atoms with Crippen LogP contribution in [0.5, 0.6) is 0 Å². The second-order valence-corrected chi connectivity index (χ2v) is 15.9. The molecule has 0 bridgehead atoms. The highest BCUT2D eigenvalue weighted by atomic mass is 32.1. The lowest BCUT2D eigenvalue weighted by Gasteiger charge is -2.16. The van der Waals surface area contributed by atoms with Crippen LogP contribution in [0.1, 0.15) is 11.3 Å². The fourth-order valence-electron chi connectivity index (χ4n) is 9.61. The number of thiophene rings is 1. The summed E-state index contributed by atoms with van der Waals surface area (Å²) in [5, 5.41) is 15.0. The number of nitrogens with zero attached hydrogens (tertiary/aromatic N) is 3. The summed E-state index contributed by atoms with van der Waals surface area (Å²) in [4.78, 5) is 11.4. The van der Waals surface area contributed by atoms with E-state index in [1.807, 2.05) is 11.3 Å². The van der Waals surface area contributed by atoms with Gasteiger partial charge in [0.25, 0.3) is 0 Å². The number of aromatic nitrogens is 3. The summed E-state index contributed by atoms with van der Waals surface area (Å²) in [7, 11) is 0. The molecule has 13 rings (SSSR count). The Labute approximate surface area is 319 Å². The second kappa shape index (κ2) is 10.8. The Hall–Kier alpha value is -6.88. The Bertz CT molecular complexity index is 3610. The van der Waals surface area contributed by atoms with E-state index < -0.39 is 0 Å². The number of rotatable bonds is 2. The molecule has 12 aromatic rings. The van der Waals surface area contributed by atoms with E-state index in [4.69, 9.17) is 9.97 Å². The molecule has 3 heterocycles. The van der Waals surface area contributed by atoms with Gasteiger partial charge in [0.2, 0.25) is 0 Å². The Morgan fingerprint density at radius 1 is 0.418 bits per heavy atom. The summed E-state index contributed by atoms with van der Waals surface area (Å²) < 4.78 is 4.96. The minimum atomic E-state index is 0.771. The van der Waals surface area contributed by atoms with Crippen LogP contribution in [-0.4, -0.2) is 14.5 Å². The van der Waals surface area contributed by atoms with Crippen molar-refractivity contribution in [2.75, 3.05) is 0 Å². The first kappa shape index (κ1) is 29.6. The minimum Gasteiger partial charge on any atom is -0.292 e. The van der Waals surface area contributed by atoms with E-state index >= 15 is 0 Å². The van der Waals surface area contributed by atoms with Gasteiger partial charge in [0.05, 0.1) is 22.4 Å². The van der Waals surface area contributed by atoms with E-state index in [1.165, 1.54) is 85.2 Å². The summed E-state index contributed by atoms with van der Waals surface area (Å²) in [5.74, 6) is 0.859. The van der Waals surface area contributed by atoms with Gasteiger partial charge in [-0.15, -0.1) is 11.3 Å². The van der Waals surface area contributed by atoms with Crippen LogP contribution >= 0.6 is 11.3 Å². The highest BCUT2D eigenvalue weighted by molar-refractivity contribution is 7.25. The van der Waals surface area contributed by atoms with Crippen LogP contribution in [0.15, 0.2) is 164 Å². The number of benzene rings is 9. The van der Waals surface area contributed by atoms with Gasteiger partial charge in [-0.1, -0.05) is 133 Å². The summed E-state index contributed by atoms with van der Waals surface area (Å²) in [5.41, 5.74) is 8.74. The molecule has 1 aliphatic carbocycles. The number of hydrogen-bond donors (Lipinski definition) is 0. The molecule has 0 amide bonds. The maximum absolute atomic E-state index is 5.76. The topological polar surface area (TPSA) is 30.7 Å². The summed E-state index contributed by atoms with van der Waals surface area (Å²) in [6.45, 7) is 0. The van der Waals surface area contributed by atoms with Gasteiger partial charge < -0.3 is 0 Å². The van der Waals surface area contributed by atoms with E-state index in [2.05, 4.69) is 168 Å².